The molecule has 1 heterocycles. The Hall–Kier alpha value is -3.14. The van der Waals surface area contributed by atoms with Gasteiger partial charge in [-0.3, -0.25) is 19.4 Å². The van der Waals surface area contributed by atoms with E-state index in [2.05, 4.69) is 90.1 Å². The maximum absolute atomic E-state index is 14.1. The fourth-order valence-electron chi connectivity index (χ4n) is 5.78. The summed E-state index contributed by atoms with van der Waals surface area (Å²) in [5.74, 6) is -0.412. The Labute approximate surface area is 204 Å². The minimum atomic E-state index is -1.19. The summed E-state index contributed by atoms with van der Waals surface area (Å²) < 4.78 is 0. The van der Waals surface area contributed by atoms with E-state index in [4.69, 9.17) is 0 Å². The number of carbonyl (C=O) groups excluding carboxylic acids is 2. The minimum Gasteiger partial charge on any atom is -0.289 e. The Morgan fingerprint density at radius 3 is 1.38 bits per heavy atom. The molecule has 2 aromatic carbocycles. The van der Waals surface area contributed by atoms with Gasteiger partial charge in [0.15, 0.2) is 0 Å². The van der Waals surface area contributed by atoms with Crippen LogP contribution in [0.1, 0.15) is 53.6 Å². The number of benzene rings is 2. The lowest BCUT2D eigenvalue weighted by Gasteiger charge is -2.52. The lowest BCUT2D eigenvalue weighted by atomic mass is 9.81. The molecule has 34 heavy (non-hydrogen) atoms. The Morgan fingerprint density at radius 1 is 0.676 bits per heavy atom. The van der Waals surface area contributed by atoms with E-state index in [1.165, 1.54) is 0 Å². The predicted octanol–water partition coefficient (Wildman–Crippen LogP) is 6.40. The first-order valence-electron chi connectivity index (χ1n) is 12.1. The van der Waals surface area contributed by atoms with Crippen LogP contribution in [0.15, 0.2) is 48.6 Å². The number of anilines is 2. The molecular weight excluding hydrogens is 420 g/mol. The fourth-order valence-corrected chi connectivity index (χ4v) is 5.78. The van der Waals surface area contributed by atoms with Crippen LogP contribution in [0, 0.1) is 52.9 Å². The van der Waals surface area contributed by atoms with Crippen molar-refractivity contribution in [2.45, 2.75) is 68.0 Å². The number of aryl methyl sites for hydroxylation is 6. The van der Waals surface area contributed by atoms with Gasteiger partial charge in [-0.1, -0.05) is 59.7 Å². The number of hydrogen-bond acceptors (Lipinski definition) is 2. The van der Waals surface area contributed by atoms with Crippen LogP contribution in [0.2, 0.25) is 0 Å². The third-order valence-electron chi connectivity index (χ3n) is 7.12. The van der Waals surface area contributed by atoms with Crippen LogP contribution >= 0.6 is 0 Å². The Kier molecular flexibility index (Phi) is 6.05. The number of rotatable bonds is 3. The Morgan fingerprint density at radius 2 is 1.03 bits per heavy atom. The highest BCUT2D eigenvalue weighted by atomic mass is 16.2. The summed E-state index contributed by atoms with van der Waals surface area (Å²) in [5, 5.41) is 0. The highest BCUT2D eigenvalue weighted by molar-refractivity contribution is 6.20. The van der Waals surface area contributed by atoms with Crippen molar-refractivity contribution in [3.63, 3.8) is 0 Å². The summed E-state index contributed by atoms with van der Waals surface area (Å²) in [4.78, 5) is 32.1. The van der Waals surface area contributed by atoms with E-state index in [0.717, 1.165) is 51.2 Å². The van der Waals surface area contributed by atoms with Crippen molar-refractivity contribution in [3.05, 3.63) is 82.0 Å². The molecule has 2 amide bonds. The maximum atomic E-state index is 14.1. The molecule has 0 saturated carbocycles. The van der Waals surface area contributed by atoms with Gasteiger partial charge in [0.1, 0.15) is 11.6 Å². The number of amides is 2. The molecule has 1 aliphatic carbocycles. The lowest BCUT2D eigenvalue weighted by molar-refractivity contribution is -0.141. The van der Waals surface area contributed by atoms with Crippen molar-refractivity contribution in [1.29, 1.82) is 0 Å². The monoisotopic (exact) mass is 456 g/mol. The quantitative estimate of drug-likeness (QED) is 0.396. The number of allylic oxidation sites excluding steroid dienone is 2. The normalized spacial score (nSPS) is 18.8. The molecular formula is C30H36N2O2. The SMILES string of the molecule is Cc1cc(C)c(N2C(=O)C(C)(C)C(=O)N(c3c(C)cc(C)cc3C)C2C2C=CCC=C2)c(C)c1. The second kappa shape index (κ2) is 8.57. The minimum absolute atomic E-state index is 0.113. The van der Waals surface area contributed by atoms with Gasteiger partial charge in [-0.2, -0.15) is 0 Å². The summed E-state index contributed by atoms with van der Waals surface area (Å²) in [6.07, 6.45) is 8.91. The van der Waals surface area contributed by atoms with Crippen molar-refractivity contribution in [1.82, 2.24) is 0 Å². The molecule has 2 aliphatic rings. The summed E-state index contributed by atoms with van der Waals surface area (Å²) in [6.45, 7) is 15.9. The fraction of sp³-hybridized carbons (Fsp3) is 0.400. The third-order valence-corrected chi connectivity index (χ3v) is 7.12. The molecule has 1 fully saturated rings. The van der Waals surface area contributed by atoms with E-state index in [1.807, 2.05) is 9.80 Å². The summed E-state index contributed by atoms with van der Waals surface area (Å²) in [5.41, 5.74) is 7.12. The van der Waals surface area contributed by atoms with E-state index in [0.29, 0.717) is 0 Å². The maximum Gasteiger partial charge on any atom is 0.243 e. The van der Waals surface area contributed by atoms with Crippen LogP contribution in [-0.4, -0.2) is 18.0 Å². The molecule has 0 spiro atoms. The first kappa shape index (κ1) is 24.0. The van der Waals surface area contributed by atoms with Gasteiger partial charge in [0, 0.05) is 5.92 Å². The average molecular weight is 457 g/mol. The molecule has 0 radical (unpaired) electrons. The molecule has 0 atom stereocenters. The number of carbonyl (C=O) groups is 2. The van der Waals surface area contributed by atoms with Crippen LogP contribution in [0.4, 0.5) is 11.4 Å². The van der Waals surface area contributed by atoms with Gasteiger partial charge in [0.25, 0.3) is 0 Å². The van der Waals surface area contributed by atoms with Crippen molar-refractivity contribution in [2.75, 3.05) is 9.80 Å². The van der Waals surface area contributed by atoms with Crippen LogP contribution < -0.4 is 9.80 Å². The first-order chi connectivity index (χ1) is 15.9. The smallest absolute Gasteiger partial charge is 0.243 e. The molecule has 4 nitrogen and oxygen atoms in total. The second-order valence-corrected chi connectivity index (χ2v) is 10.6. The van der Waals surface area contributed by atoms with Crippen molar-refractivity contribution in [2.24, 2.45) is 11.3 Å². The molecule has 178 valence electrons. The summed E-state index contributed by atoms with van der Waals surface area (Å²) in [7, 11) is 0. The number of hydrogen-bond donors (Lipinski definition) is 0. The van der Waals surface area contributed by atoms with Gasteiger partial charge in [-0.25, -0.2) is 0 Å². The number of nitrogens with zero attached hydrogens (tertiary/aromatic N) is 2. The van der Waals surface area contributed by atoms with Crippen molar-refractivity contribution in [3.8, 4) is 0 Å². The molecule has 0 bridgehead atoms. The zero-order valence-corrected chi connectivity index (χ0v) is 21.7. The lowest BCUT2D eigenvalue weighted by Crippen LogP contribution is -2.69. The van der Waals surface area contributed by atoms with Crippen molar-refractivity contribution < 1.29 is 9.59 Å². The second-order valence-electron chi connectivity index (χ2n) is 10.6. The van der Waals surface area contributed by atoms with Gasteiger partial charge < -0.3 is 0 Å². The summed E-state index contributed by atoms with van der Waals surface area (Å²) in [6, 6.07) is 8.48. The van der Waals surface area contributed by atoms with Gasteiger partial charge in [-0.15, -0.1) is 0 Å². The van der Waals surface area contributed by atoms with Gasteiger partial charge in [0.2, 0.25) is 11.8 Å². The van der Waals surface area contributed by atoms with Crippen LogP contribution in [0.25, 0.3) is 0 Å². The highest BCUT2D eigenvalue weighted by Crippen LogP contribution is 2.44. The van der Waals surface area contributed by atoms with E-state index < -0.39 is 11.6 Å². The first-order valence-corrected chi connectivity index (χ1v) is 12.1. The third kappa shape index (κ3) is 3.79. The zero-order chi connectivity index (χ0) is 24.9. The van der Waals surface area contributed by atoms with Crippen LogP contribution in [0.3, 0.4) is 0 Å². The van der Waals surface area contributed by atoms with Crippen LogP contribution in [0.5, 0.6) is 0 Å². The molecule has 4 rings (SSSR count). The molecule has 0 aromatic heterocycles. The van der Waals surface area contributed by atoms with Gasteiger partial charge in [-0.05, 0) is 84.1 Å². The Balaban J connectivity index is 2.05. The molecule has 1 saturated heterocycles. The molecule has 2 aromatic rings. The van der Waals surface area contributed by atoms with E-state index >= 15 is 0 Å². The van der Waals surface area contributed by atoms with E-state index in [-0.39, 0.29) is 17.7 Å². The standard InChI is InChI=1S/C30H36N2O2/c1-18-14-20(3)25(21(4)15-18)31-27(24-12-10-9-11-13-24)32(29(34)30(7,8)28(31)33)26-22(5)16-19(2)17-23(26)6/h10-17,24,27H,9H2,1-8H3. The Bertz CT molecular complexity index is 1100. The van der Waals surface area contributed by atoms with Gasteiger partial charge in [0.05, 0.1) is 11.4 Å². The predicted molar refractivity (Wildman–Crippen MR) is 140 cm³/mol. The van der Waals surface area contributed by atoms with Gasteiger partial charge >= 0.3 is 0 Å². The highest BCUT2D eigenvalue weighted by Gasteiger charge is 2.54. The average Bonchev–Trinajstić information content (AvgIpc) is 2.74. The summed E-state index contributed by atoms with van der Waals surface area (Å²) >= 11 is 0. The van der Waals surface area contributed by atoms with Crippen molar-refractivity contribution >= 4 is 23.2 Å². The molecule has 1 aliphatic heterocycles. The topological polar surface area (TPSA) is 40.6 Å². The zero-order valence-electron chi connectivity index (χ0n) is 21.7. The van der Waals surface area contributed by atoms with E-state index in [9.17, 15) is 9.59 Å². The largest absolute Gasteiger partial charge is 0.289 e. The molecule has 0 N–H and O–H groups in total. The van der Waals surface area contributed by atoms with Crippen LogP contribution in [-0.2, 0) is 9.59 Å². The molecule has 4 heteroatoms. The van der Waals surface area contributed by atoms with E-state index in [1.54, 1.807) is 13.8 Å². The molecule has 0 unspecified atom stereocenters.